The highest BCUT2D eigenvalue weighted by atomic mass is 127. The first-order valence-electron chi connectivity index (χ1n) is 9.20. The Labute approximate surface area is 185 Å². The topological polar surface area (TPSA) is 81.2 Å². The third-order valence-electron chi connectivity index (χ3n) is 3.34. The zero-order valence-electron chi connectivity index (χ0n) is 17.8. The molecular weight excluding hydrogens is 473 g/mol. The first-order valence-corrected chi connectivity index (χ1v) is 9.20. The number of benzene rings is 1. The summed E-state index contributed by atoms with van der Waals surface area (Å²) in [4.78, 5) is 16.4. The van der Waals surface area contributed by atoms with E-state index in [2.05, 4.69) is 15.6 Å². The van der Waals surface area contributed by atoms with Gasteiger partial charge in [-0.3, -0.25) is 4.79 Å². The van der Waals surface area contributed by atoms with E-state index < -0.39 is 5.60 Å². The summed E-state index contributed by atoms with van der Waals surface area (Å²) in [5.41, 5.74) is 1.57. The van der Waals surface area contributed by atoms with Crippen molar-refractivity contribution in [1.29, 1.82) is 0 Å². The summed E-state index contributed by atoms with van der Waals surface area (Å²) in [5.74, 6) is 1.01. The Balaban J connectivity index is 0.00000729. The molecule has 2 N–H and O–H groups in total. The Morgan fingerprint density at radius 2 is 1.89 bits per heavy atom. The lowest BCUT2D eigenvalue weighted by atomic mass is 10.1. The average molecular weight is 507 g/mol. The van der Waals surface area contributed by atoms with Crippen molar-refractivity contribution in [3.05, 3.63) is 29.3 Å². The monoisotopic (exact) mass is 507 g/mol. The Bertz CT molecular complexity index is 630. The van der Waals surface area contributed by atoms with Crippen LogP contribution in [0.1, 0.15) is 38.8 Å². The van der Waals surface area contributed by atoms with Crippen molar-refractivity contribution in [1.82, 2.24) is 10.6 Å². The molecule has 0 bridgehead atoms. The summed E-state index contributed by atoms with van der Waals surface area (Å²) < 4.78 is 16.1. The molecule has 0 spiro atoms. The molecule has 0 saturated carbocycles. The molecule has 7 nitrogen and oxygen atoms in total. The molecule has 1 aromatic rings. The number of ether oxygens (including phenoxy) is 3. The van der Waals surface area contributed by atoms with Crippen molar-refractivity contribution in [3.63, 3.8) is 0 Å². The molecule has 0 aliphatic carbocycles. The van der Waals surface area contributed by atoms with Gasteiger partial charge in [0.1, 0.15) is 24.5 Å². The quantitative estimate of drug-likeness (QED) is 0.176. The molecule has 0 radical (unpaired) electrons. The number of nitrogens with one attached hydrogen (secondary N) is 2. The number of hydrogen-bond acceptors (Lipinski definition) is 5. The minimum Gasteiger partial charge on any atom is -0.491 e. The molecule has 1 aromatic carbocycles. The fraction of sp³-hybridized carbons (Fsp3) is 0.600. The summed E-state index contributed by atoms with van der Waals surface area (Å²) >= 11 is 0. The van der Waals surface area contributed by atoms with Gasteiger partial charge in [-0.1, -0.05) is 12.1 Å². The third-order valence-corrected chi connectivity index (χ3v) is 3.34. The smallest absolute Gasteiger partial charge is 0.325 e. The summed E-state index contributed by atoms with van der Waals surface area (Å²) in [5, 5.41) is 6.12. The van der Waals surface area contributed by atoms with E-state index in [1.165, 1.54) is 0 Å². The Hall–Kier alpha value is -1.55. The van der Waals surface area contributed by atoms with Crippen molar-refractivity contribution in [2.24, 2.45) is 4.99 Å². The van der Waals surface area contributed by atoms with Crippen molar-refractivity contribution in [2.45, 2.75) is 46.8 Å². The summed E-state index contributed by atoms with van der Waals surface area (Å²) in [6.45, 7) is 11.7. The largest absolute Gasteiger partial charge is 0.491 e. The third kappa shape index (κ3) is 11.3. The van der Waals surface area contributed by atoms with Crippen LogP contribution in [-0.4, -0.2) is 50.9 Å². The van der Waals surface area contributed by atoms with Gasteiger partial charge in [-0.05, 0) is 46.2 Å². The normalized spacial score (nSPS) is 11.4. The molecule has 28 heavy (non-hydrogen) atoms. The highest BCUT2D eigenvalue weighted by Crippen LogP contribution is 2.21. The highest BCUT2D eigenvalue weighted by Gasteiger charge is 2.16. The minimum atomic E-state index is -0.509. The molecule has 8 heteroatoms. The number of methoxy groups -OCH3 is 1. The lowest BCUT2D eigenvalue weighted by Gasteiger charge is -2.20. The van der Waals surface area contributed by atoms with E-state index >= 15 is 0 Å². The molecule has 160 valence electrons. The Morgan fingerprint density at radius 1 is 1.18 bits per heavy atom. The van der Waals surface area contributed by atoms with E-state index in [1.54, 1.807) is 7.11 Å². The van der Waals surface area contributed by atoms with E-state index in [1.807, 2.05) is 52.8 Å². The molecule has 0 unspecified atom stereocenters. The Kier molecular flexibility index (Phi) is 12.8. The van der Waals surface area contributed by atoms with E-state index in [-0.39, 0.29) is 36.5 Å². The van der Waals surface area contributed by atoms with Crippen LogP contribution in [0.25, 0.3) is 0 Å². The number of halogens is 1. The molecule has 0 heterocycles. The zero-order valence-corrected chi connectivity index (χ0v) is 20.1. The van der Waals surface area contributed by atoms with Crippen LogP contribution in [0.2, 0.25) is 0 Å². The molecule has 0 amide bonds. The highest BCUT2D eigenvalue weighted by molar-refractivity contribution is 14.0. The number of aryl methyl sites for hydroxylation is 1. The maximum atomic E-state index is 11.9. The van der Waals surface area contributed by atoms with Gasteiger partial charge in [0, 0.05) is 19.2 Å². The van der Waals surface area contributed by atoms with Crippen LogP contribution < -0.4 is 15.4 Å². The van der Waals surface area contributed by atoms with Gasteiger partial charge in [0.2, 0.25) is 0 Å². The average Bonchev–Trinajstić information content (AvgIpc) is 2.57. The SMILES string of the molecule is CCNC(=NCc1ccc(C)cc1OCCOC)NCC(=O)OC(C)(C)C.I. The van der Waals surface area contributed by atoms with Crippen LogP contribution >= 0.6 is 24.0 Å². The van der Waals surface area contributed by atoms with Crippen LogP contribution in [0.15, 0.2) is 23.2 Å². The first-order chi connectivity index (χ1) is 12.7. The van der Waals surface area contributed by atoms with E-state index in [4.69, 9.17) is 14.2 Å². The number of carbonyl (C=O) groups excluding carboxylic acids is 1. The lowest BCUT2D eigenvalue weighted by molar-refractivity contribution is -0.153. The molecule has 0 aliphatic heterocycles. The fourth-order valence-electron chi connectivity index (χ4n) is 2.20. The van der Waals surface area contributed by atoms with Crippen molar-refractivity contribution in [3.8, 4) is 5.75 Å². The maximum absolute atomic E-state index is 11.9. The van der Waals surface area contributed by atoms with Crippen LogP contribution in [0, 0.1) is 6.92 Å². The molecule has 0 fully saturated rings. The van der Waals surface area contributed by atoms with Crippen molar-refractivity contribution in [2.75, 3.05) is 33.4 Å². The molecule has 0 aliphatic rings. The van der Waals surface area contributed by atoms with E-state index in [0.29, 0.717) is 32.3 Å². The second kappa shape index (κ2) is 13.6. The lowest BCUT2D eigenvalue weighted by Crippen LogP contribution is -2.41. The molecule has 0 saturated heterocycles. The Morgan fingerprint density at radius 3 is 2.50 bits per heavy atom. The summed E-state index contributed by atoms with van der Waals surface area (Å²) in [6.07, 6.45) is 0. The first kappa shape index (κ1) is 26.4. The number of esters is 1. The van der Waals surface area contributed by atoms with Crippen LogP contribution in [0.5, 0.6) is 5.75 Å². The van der Waals surface area contributed by atoms with Gasteiger partial charge in [-0.15, -0.1) is 24.0 Å². The van der Waals surface area contributed by atoms with E-state index in [9.17, 15) is 4.79 Å². The maximum Gasteiger partial charge on any atom is 0.325 e. The second-order valence-corrected chi connectivity index (χ2v) is 7.09. The predicted octanol–water partition coefficient (Wildman–Crippen LogP) is 3.04. The van der Waals surface area contributed by atoms with Crippen molar-refractivity contribution < 1.29 is 19.0 Å². The number of guanidine groups is 1. The standard InChI is InChI=1S/C20H33N3O4.HI/c1-7-21-19(23-14-18(24)27-20(3,4)5)22-13-16-9-8-15(2)12-17(16)26-11-10-25-6;/h8-9,12H,7,10-11,13-14H2,1-6H3,(H2,21,22,23);1H. The molecule has 1 rings (SSSR count). The van der Waals surface area contributed by atoms with Gasteiger partial charge in [0.15, 0.2) is 5.96 Å². The number of aliphatic imine (C=N–C) groups is 1. The number of rotatable bonds is 9. The summed E-state index contributed by atoms with van der Waals surface area (Å²) in [6, 6.07) is 6.01. The van der Waals surface area contributed by atoms with Gasteiger partial charge in [-0.25, -0.2) is 4.99 Å². The molecular formula is C20H34IN3O4. The number of nitrogens with zero attached hydrogens (tertiary/aromatic N) is 1. The van der Waals surface area contributed by atoms with Crippen molar-refractivity contribution >= 4 is 35.9 Å². The molecule has 0 atom stereocenters. The van der Waals surface area contributed by atoms with E-state index in [0.717, 1.165) is 16.9 Å². The fourth-order valence-corrected chi connectivity index (χ4v) is 2.20. The van der Waals surface area contributed by atoms with Crippen LogP contribution in [0.4, 0.5) is 0 Å². The van der Waals surface area contributed by atoms with Gasteiger partial charge in [0.25, 0.3) is 0 Å². The predicted molar refractivity (Wildman–Crippen MR) is 123 cm³/mol. The van der Waals surface area contributed by atoms with Gasteiger partial charge >= 0.3 is 5.97 Å². The minimum absolute atomic E-state index is 0. The van der Waals surface area contributed by atoms with Gasteiger partial charge in [-0.2, -0.15) is 0 Å². The van der Waals surface area contributed by atoms with Gasteiger partial charge in [0.05, 0.1) is 13.2 Å². The summed E-state index contributed by atoms with van der Waals surface area (Å²) in [7, 11) is 1.64. The molecule has 0 aromatic heterocycles. The van der Waals surface area contributed by atoms with Crippen LogP contribution in [0.3, 0.4) is 0 Å². The zero-order chi connectivity index (χ0) is 20.3. The number of carbonyl (C=O) groups is 1. The number of hydrogen-bond donors (Lipinski definition) is 2. The second-order valence-electron chi connectivity index (χ2n) is 7.09. The van der Waals surface area contributed by atoms with Crippen LogP contribution in [-0.2, 0) is 20.8 Å². The van der Waals surface area contributed by atoms with Gasteiger partial charge < -0.3 is 24.8 Å².